The van der Waals surface area contributed by atoms with Gasteiger partial charge in [0.2, 0.25) is 5.91 Å². The van der Waals surface area contributed by atoms with Crippen molar-refractivity contribution in [3.8, 4) is 0 Å². The van der Waals surface area contributed by atoms with Crippen LogP contribution < -0.4 is 5.32 Å². The summed E-state index contributed by atoms with van der Waals surface area (Å²) >= 11 is 3.34. The molecule has 0 spiro atoms. The highest BCUT2D eigenvalue weighted by Gasteiger charge is 2.51. The van der Waals surface area contributed by atoms with Gasteiger partial charge in [0.05, 0.1) is 10.7 Å². The van der Waals surface area contributed by atoms with Gasteiger partial charge in [0.25, 0.3) is 0 Å². The predicted octanol–water partition coefficient (Wildman–Crippen LogP) is 5.27. The number of thiazole rings is 1. The number of hydrogen-bond donors (Lipinski definition) is 1. The van der Waals surface area contributed by atoms with Crippen molar-refractivity contribution in [2.75, 3.05) is 11.6 Å². The van der Waals surface area contributed by atoms with Crippen LogP contribution in [0.3, 0.4) is 0 Å². The first-order valence-electron chi connectivity index (χ1n) is 8.63. The molecule has 1 aliphatic carbocycles. The lowest BCUT2D eigenvalue weighted by Crippen LogP contribution is -2.27. The Kier molecular flexibility index (Phi) is 4.83. The number of aromatic nitrogens is 1. The number of rotatable bonds is 6. The number of carbonyl (C=O) groups excluding carboxylic acids is 1. The van der Waals surface area contributed by atoms with Crippen molar-refractivity contribution in [1.29, 1.82) is 0 Å². The molecular weight excluding hydrogens is 360 g/mol. The maximum atomic E-state index is 12.9. The van der Waals surface area contributed by atoms with Gasteiger partial charge < -0.3 is 5.32 Å². The number of amides is 1. The Balaban J connectivity index is 1.51. The van der Waals surface area contributed by atoms with E-state index in [1.54, 1.807) is 23.1 Å². The van der Waals surface area contributed by atoms with Gasteiger partial charge in [-0.25, -0.2) is 4.98 Å². The summed E-state index contributed by atoms with van der Waals surface area (Å²) in [5.74, 6) is 0.0602. The lowest BCUT2D eigenvalue weighted by molar-refractivity contribution is -0.118. The monoisotopic (exact) mass is 380 g/mol. The van der Waals surface area contributed by atoms with Crippen molar-refractivity contribution in [2.24, 2.45) is 0 Å². The van der Waals surface area contributed by atoms with E-state index in [2.05, 4.69) is 40.8 Å². The number of thioether (sulfide) groups is 1. The minimum absolute atomic E-state index is 0.0602. The molecule has 3 aromatic rings. The van der Waals surface area contributed by atoms with Crippen LogP contribution in [-0.2, 0) is 10.2 Å². The summed E-state index contributed by atoms with van der Waals surface area (Å²) in [4.78, 5) is 18.5. The molecule has 1 amide bonds. The van der Waals surface area contributed by atoms with E-state index < -0.39 is 0 Å². The molecule has 2 aromatic carbocycles. The summed E-state index contributed by atoms with van der Waals surface area (Å²) in [7, 11) is 0. The fourth-order valence-electron chi connectivity index (χ4n) is 3.26. The summed E-state index contributed by atoms with van der Waals surface area (Å²) in [5.41, 5.74) is 1.98. The van der Waals surface area contributed by atoms with Crippen LogP contribution in [0.15, 0.2) is 66.9 Å². The molecule has 5 heteroatoms. The summed E-state index contributed by atoms with van der Waals surface area (Å²) in [6, 6.07) is 20.5. The second-order valence-corrected chi connectivity index (χ2v) is 8.50. The minimum Gasteiger partial charge on any atom is -0.301 e. The molecule has 1 atom stereocenters. The number of hydrogen-bond acceptors (Lipinski definition) is 4. The molecule has 1 aliphatic rings. The first-order chi connectivity index (χ1) is 12.7. The molecule has 1 heterocycles. The number of benzene rings is 2. The van der Waals surface area contributed by atoms with Crippen LogP contribution in [0, 0.1) is 0 Å². The molecule has 26 heavy (non-hydrogen) atoms. The smallest absolute Gasteiger partial charge is 0.236 e. The maximum absolute atomic E-state index is 12.9. The molecule has 1 saturated carbocycles. The van der Waals surface area contributed by atoms with Crippen molar-refractivity contribution in [3.05, 3.63) is 82.9 Å². The number of carbonyl (C=O) groups is 1. The van der Waals surface area contributed by atoms with E-state index in [0.29, 0.717) is 5.13 Å². The van der Waals surface area contributed by atoms with E-state index in [4.69, 9.17) is 0 Å². The van der Waals surface area contributed by atoms with Crippen molar-refractivity contribution >= 4 is 34.1 Å². The Morgan fingerprint density at radius 3 is 2.38 bits per heavy atom. The highest BCUT2D eigenvalue weighted by molar-refractivity contribution is 7.99. The molecule has 1 N–H and O–H groups in total. The first kappa shape index (κ1) is 17.3. The Labute approximate surface area is 161 Å². The third kappa shape index (κ3) is 3.29. The Morgan fingerprint density at radius 1 is 1.12 bits per heavy atom. The quantitative estimate of drug-likeness (QED) is 0.634. The highest BCUT2D eigenvalue weighted by Crippen LogP contribution is 2.49. The third-order valence-electron chi connectivity index (χ3n) is 4.85. The van der Waals surface area contributed by atoms with Crippen molar-refractivity contribution in [3.63, 3.8) is 0 Å². The lowest BCUT2D eigenvalue weighted by Gasteiger charge is -2.14. The largest absolute Gasteiger partial charge is 0.301 e. The third-order valence-corrected chi connectivity index (χ3v) is 6.98. The average Bonchev–Trinajstić information content (AvgIpc) is 3.39. The molecule has 0 bridgehead atoms. The van der Waals surface area contributed by atoms with Crippen LogP contribution in [0.25, 0.3) is 0 Å². The number of nitrogens with zero attached hydrogens (tertiary/aromatic N) is 1. The van der Waals surface area contributed by atoms with E-state index >= 15 is 0 Å². The van der Waals surface area contributed by atoms with E-state index in [1.165, 1.54) is 5.56 Å². The molecule has 1 unspecified atom stereocenters. The van der Waals surface area contributed by atoms with Gasteiger partial charge in [-0.15, -0.1) is 11.3 Å². The Hall–Kier alpha value is -2.11. The van der Waals surface area contributed by atoms with Gasteiger partial charge in [0.1, 0.15) is 0 Å². The van der Waals surface area contributed by atoms with Crippen LogP contribution >= 0.6 is 23.1 Å². The Bertz CT molecular complexity index is 889. The van der Waals surface area contributed by atoms with E-state index in [0.717, 1.165) is 23.3 Å². The molecule has 4 rings (SSSR count). The second kappa shape index (κ2) is 7.25. The van der Waals surface area contributed by atoms with Gasteiger partial charge in [-0.1, -0.05) is 60.7 Å². The van der Waals surface area contributed by atoms with Crippen molar-refractivity contribution in [1.82, 2.24) is 4.98 Å². The second-order valence-electron chi connectivity index (χ2n) is 6.50. The summed E-state index contributed by atoms with van der Waals surface area (Å²) < 4.78 is 0. The van der Waals surface area contributed by atoms with Crippen molar-refractivity contribution < 1.29 is 4.79 Å². The van der Waals surface area contributed by atoms with Crippen LogP contribution in [-0.4, -0.2) is 17.1 Å². The molecule has 3 nitrogen and oxygen atoms in total. The van der Waals surface area contributed by atoms with Crippen molar-refractivity contribution in [2.45, 2.75) is 23.5 Å². The fraction of sp³-hybridized carbons (Fsp3) is 0.238. The van der Waals surface area contributed by atoms with Gasteiger partial charge in [-0.2, -0.15) is 11.8 Å². The fourth-order valence-corrected chi connectivity index (χ4v) is 5.23. The minimum atomic E-state index is -0.370. The van der Waals surface area contributed by atoms with Crippen LogP contribution in [0.2, 0.25) is 0 Å². The van der Waals surface area contributed by atoms with Crippen LogP contribution in [0.5, 0.6) is 0 Å². The van der Waals surface area contributed by atoms with Gasteiger partial charge in [0, 0.05) is 11.1 Å². The van der Waals surface area contributed by atoms with E-state index in [-0.39, 0.29) is 16.6 Å². The lowest BCUT2D eigenvalue weighted by atomic mass is 9.95. The number of nitrogens with one attached hydrogen (secondary N) is 1. The highest BCUT2D eigenvalue weighted by atomic mass is 32.2. The van der Waals surface area contributed by atoms with E-state index in [9.17, 15) is 4.79 Å². The number of anilines is 1. The van der Waals surface area contributed by atoms with Crippen LogP contribution in [0.1, 0.15) is 34.1 Å². The standard InChI is InChI=1S/C21H20N2OS2/c1-25-18(15-8-4-2-5-9-15)17-14-22-20(26-17)23-19(24)21(12-13-21)16-10-6-3-7-11-16/h2-11,14,18H,12-13H2,1H3,(H,22,23,24). The summed E-state index contributed by atoms with van der Waals surface area (Å²) in [6.07, 6.45) is 5.79. The zero-order valence-electron chi connectivity index (χ0n) is 14.5. The van der Waals surface area contributed by atoms with Crippen LogP contribution in [0.4, 0.5) is 5.13 Å². The predicted molar refractivity (Wildman–Crippen MR) is 110 cm³/mol. The van der Waals surface area contributed by atoms with Gasteiger partial charge in [0.15, 0.2) is 5.13 Å². The molecule has 0 aliphatic heterocycles. The maximum Gasteiger partial charge on any atom is 0.236 e. The SMILES string of the molecule is CSC(c1ccccc1)c1cnc(NC(=O)C2(c3ccccc3)CC2)s1. The molecular formula is C21H20N2OS2. The average molecular weight is 381 g/mol. The summed E-state index contributed by atoms with van der Waals surface area (Å²) in [6.45, 7) is 0. The molecule has 1 fully saturated rings. The first-order valence-corrected chi connectivity index (χ1v) is 10.7. The molecule has 0 radical (unpaired) electrons. The summed E-state index contributed by atoms with van der Waals surface area (Å²) in [5, 5.41) is 3.98. The molecule has 0 saturated heterocycles. The Morgan fingerprint density at radius 2 is 1.77 bits per heavy atom. The zero-order chi connectivity index (χ0) is 18.0. The van der Waals surface area contributed by atoms with Gasteiger partial charge in [-0.05, 0) is 30.2 Å². The molecule has 132 valence electrons. The van der Waals surface area contributed by atoms with Gasteiger partial charge in [-0.3, -0.25) is 4.79 Å². The van der Waals surface area contributed by atoms with Gasteiger partial charge >= 0.3 is 0 Å². The zero-order valence-corrected chi connectivity index (χ0v) is 16.1. The molecule has 1 aromatic heterocycles. The topological polar surface area (TPSA) is 42.0 Å². The van der Waals surface area contributed by atoms with E-state index in [1.807, 2.05) is 42.6 Å². The normalized spacial score (nSPS) is 16.0.